The monoisotopic (exact) mass is 282 g/mol. The zero-order valence-electron chi connectivity index (χ0n) is 11.0. The maximum atomic E-state index is 11.9. The van der Waals surface area contributed by atoms with Crippen LogP contribution in [0.3, 0.4) is 0 Å². The Morgan fingerprint density at radius 1 is 1.63 bits per heavy atom. The Morgan fingerprint density at radius 2 is 2.37 bits per heavy atom. The van der Waals surface area contributed by atoms with Gasteiger partial charge in [0.15, 0.2) is 0 Å². The van der Waals surface area contributed by atoms with Gasteiger partial charge in [-0.2, -0.15) is 0 Å². The number of rotatable bonds is 3. The Hall–Kier alpha value is -1.44. The molecule has 4 N–H and O–H groups in total. The van der Waals surface area contributed by atoms with Crippen molar-refractivity contribution in [3.8, 4) is 0 Å². The molecule has 7 heteroatoms. The first-order chi connectivity index (χ1) is 8.96. The van der Waals surface area contributed by atoms with E-state index in [1.54, 1.807) is 0 Å². The molecule has 2 heterocycles. The fourth-order valence-corrected chi connectivity index (χ4v) is 2.97. The van der Waals surface area contributed by atoms with E-state index in [1.807, 2.05) is 25.3 Å². The molecular weight excluding hydrogens is 264 g/mol. The van der Waals surface area contributed by atoms with Crippen LogP contribution in [0.15, 0.2) is 11.4 Å². The Kier molecular flexibility index (Phi) is 3.88. The van der Waals surface area contributed by atoms with Crippen molar-refractivity contribution >= 4 is 23.2 Å². The van der Waals surface area contributed by atoms with Crippen LogP contribution in [0, 0.1) is 0 Å². The van der Waals surface area contributed by atoms with Gasteiger partial charge in [0, 0.05) is 19.6 Å². The molecule has 1 aromatic rings. The van der Waals surface area contributed by atoms with Gasteiger partial charge in [-0.05, 0) is 30.9 Å². The molecule has 1 aliphatic heterocycles. The van der Waals surface area contributed by atoms with Crippen LogP contribution in [0.1, 0.15) is 29.1 Å². The lowest BCUT2D eigenvalue weighted by Gasteiger charge is -2.41. The number of amides is 2. The van der Waals surface area contributed by atoms with E-state index in [4.69, 9.17) is 5.84 Å². The van der Waals surface area contributed by atoms with E-state index in [-0.39, 0.29) is 11.8 Å². The first-order valence-electron chi connectivity index (χ1n) is 6.07. The van der Waals surface area contributed by atoms with Crippen LogP contribution in [0.2, 0.25) is 0 Å². The minimum absolute atomic E-state index is 0.0128. The van der Waals surface area contributed by atoms with E-state index in [0.717, 1.165) is 12.1 Å². The van der Waals surface area contributed by atoms with Crippen molar-refractivity contribution in [1.29, 1.82) is 0 Å². The number of carbonyl (C=O) groups is 2. The van der Waals surface area contributed by atoms with Gasteiger partial charge in [-0.3, -0.25) is 19.9 Å². The molecule has 1 saturated heterocycles. The number of nitrogens with zero attached hydrogens (tertiary/aromatic N) is 1. The van der Waals surface area contributed by atoms with E-state index in [1.165, 1.54) is 11.3 Å². The average molecular weight is 282 g/mol. The minimum atomic E-state index is -0.573. The molecule has 6 nitrogen and oxygen atoms in total. The topological polar surface area (TPSA) is 87.5 Å². The molecule has 0 aromatic carbocycles. The Labute approximate surface area is 115 Å². The Bertz CT molecular complexity index is 498. The molecule has 104 valence electrons. The summed E-state index contributed by atoms with van der Waals surface area (Å²) >= 11 is 1.35. The summed E-state index contributed by atoms with van der Waals surface area (Å²) in [5.74, 6) is 4.90. The molecule has 0 aliphatic carbocycles. The number of nitrogens with one attached hydrogen (secondary N) is 2. The van der Waals surface area contributed by atoms with Crippen LogP contribution in [0.4, 0.5) is 0 Å². The molecule has 2 amide bonds. The zero-order valence-corrected chi connectivity index (χ0v) is 11.8. The number of piperazine rings is 1. The van der Waals surface area contributed by atoms with E-state index in [0.29, 0.717) is 18.0 Å². The maximum Gasteiger partial charge on any atom is 0.275 e. The third-order valence-electron chi connectivity index (χ3n) is 3.46. The third-order valence-corrected chi connectivity index (χ3v) is 4.41. The van der Waals surface area contributed by atoms with E-state index in [9.17, 15) is 9.59 Å². The molecule has 2 rings (SSSR count). The molecule has 0 saturated carbocycles. The van der Waals surface area contributed by atoms with Gasteiger partial charge in [0.2, 0.25) is 5.91 Å². The van der Waals surface area contributed by atoms with Gasteiger partial charge in [-0.15, -0.1) is 11.3 Å². The van der Waals surface area contributed by atoms with Crippen molar-refractivity contribution in [2.45, 2.75) is 25.9 Å². The van der Waals surface area contributed by atoms with Crippen LogP contribution < -0.4 is 16.6 Å². The van der Waals surface area contributed by atoms with E-state index >= 15 is 0 Å². The van der Waals surface area contributed by atoms with Gasteiger partial charge in [0.1, 0.15) is 0 Å². The highest BCUT2D eigenvalue weighted by Crippen LogP contribution is 2.24. The predicted octanol–water partition coefficient (Wildman–Crippen LogP) is 0.0620. The second kappa shape index (κ2) is 5.28. The Morgan fingerprint density at radius 3 is 3.05 bits per heavy atom. The lowest BCUT2D eigenvalue weighted by atomic mass is 9.98. The van der Waals surface area contributed by atoms with Crippen molar-refractivity contribution in [3.05, 3.63) is 21.9 Å². The molecule has 0 spiro atoms. The smallest absolute Gasteiger partial charge is 0.275 e. The lowest BCUT2D eigenvalue weighted by molar-refractivity contribution is -0.135. The molecule has 19 heavy (non-hydrogen) atoms. The molecule has 1 fully saturated rings. The molecular formula is C12H18N4O2S. The zero-order chi connectivity index (χ0) is 14.0. The summed E-state index contributed by atoms with van der Waals surface area (Å²) in [4.78, 5) is 26.2. The van der Waals surface area contributed by atoms with Crippen molar-refractivity contribution in [2.24, 2.45) is 5.84 Å². The quantitative estimate of drug-likeness (QED) is 0.416. The fourth-order valence-electron chi connectivity index (χ4n) is 2.15. The summed E-state index contributed by atoms with van der Waals surface area (Å²) < 4.78 is 0. The number of nitrogens with two attached hydrogens (primary N) is 1. The first-order valence-corrected chi connectivity index (χ1v) is 6.95. The highest BCUT2D eigenvalue weighted by Gasteiger charge is 2.37. The number of hydrogen-bond donors (Lipinski definition) is 3. The molecule has 1 aliphatic rings. The van der Waals surface area contributed by atoms with Crippen LogP contribution in [0.25, 0.3) is 0 Å². The largest absolute Gasteiger partial charge is 0.353 e. The highest BCUT2D eigenvalue weighted by molar-refractivity contribution is 7.12. The average Bonchev–Trinajstić information content (AvgIpc) is 2.83. The first kappa shape index (κ1) is 14.0. The summed E-state index contributed by atoms with van der Waals surface area (Å²) in [6.07, 6.45) is 0. The van der Waals surface area contributed by atoms with Crippen LogP contribution in [0.5, 0.6) is 0 Å². The molecule has 0 unspecified atom stereocenters. The summed E-state index contributed by atoms with van der Waals surface area (Å²) in [6.45, 7) is 5.73. The van der Waals surface area contributed by atoms with Gasteiger partial charge in [0.05, 0.1) is 10.4 Å². The van der Waals surface area contributed by atoms with Crippen LogP contribution in [-0.4, -0.2) is 35.3 Å². The summed E-state index contributed by atoms with van der Waals surface area (Å²) in [5, 5.41) is 4.71. The van der Waals surface area contributed by atoms with Gasteiger partial charge >= 0.3 is 0 Å². The molecule has 0 radical (unpaired) electrons. The van der Waals surface area contributed by atoms with Gasteiger partial charge in [0.25, 0.3) is 5.91 Å². The van der Waals surface area contributed by atoms with Crippen molar-refractivity contribution in [1.82, 2.24) is 15.6 Å². The summed E-state index contributed by atoms with van der Waals surface area (Å²) in [5.41, 5.74) is 2.47. The van der Waals surface area contributed by atoms with Crippen LogP contribution >= 0.6 is 11.3 Å². The van der Waals surface area contributed by atoms with Crippen LogP contribution in [-0.2, 0) is 11.3 Å². The van der Waals surface area contributed by atoms with Gasteiger partial charge in [-0.25, -0.2) is 5.84 Å². The predicted molar refractivity (Wildman–Crippen MR) is 73.5 cm³/mol. The van der Waals surface area contributed by atoms with E-state index in [2.05, 4.69) is 15.6 Å². The second-order valence-corrected chi connectivity index (χ2v) is 5.90. The summed E-state index contributed by atoms with van der Waals surface area (Å²) in [7, 11) is 0. The maximum absolute atomic E-state index is 11.9. The number of nitrogen functional groups attached to an aromatic ring is 1. The molecule has 0 atom stereocenters. The lowest BCUT2D eigenvalue weighted by Crippen LogP contribution is -2.61. The second-order valence-electron chi connectivity index (χ2n) is 4.98. The number of thiophene rings is 1. The Balaban J connectivity index is 2.19. The van der Waals surface area contributed by atoms with Crippen molar-refractivity contribution in [3.63, 3.8) is 0 Å². The summed E-state index contributed by atoms with van der Waals surface area (Å²) in [6, 6.07) is 1.90. The molecule has 0 bridgehead atoms. The number of carbonyl (C=O) groups excluding carboxylic acids is 2. The van der Waals surface area contributed by atoms with Crippen molar-refractivity contribution < 1.29 is 9.59 Å². The van der Waals surface area contributed by atoms with E-state index < -0.39 is 5.54 Å². The SMILES string of the molecule is CC1(C)C(=O)NCCN1Cc1ccsc1C(=O)NN. The normalized spacial score (nSPS) is 19.0. The van der Waals surface area contributed by atoms with Crippen molar-refractivity contribution in [2.75, 3.05) is 13.1 Å². The third kappa shape index (κ3) is 2.63. The van der Waals surface area contributed by atoms with Gasteiger partial charge < -0.3 is 5.32 Å². The fraction of sp³-hybridized carbons (Fsp3) is 0.500. The van der Waals surface area contributed by atoms with Gasteiger partial charge in [-0.1, -0.05) is 0 Å². The number of hydrogen-bond acceptors (Lipinski definition) is 5. The number of hydrazine groups is 1. The standard InChI is InChI=1S/C12H18N4O2S/c1-12(2)11(18)14-4-5-16(12)7-8-3-6-19-9(8)10(17)15-13/h3,6H,4-5,7,13H2,1-2H3,(H,14,18)(H,15,17). The highest BCUT2D eigenvalue weighted by atomic mass is 32.1. The minimum Gasteiger partial charge on any atom is -0.353 e. The molecule has 1 aromatic heterocycles.